The van der Waals surface area contributed by atoms with Crippen LogP contribution in [-0.2, 0) is 9.53 Å². The summed E-state index contributed by atoms with van der Waals surface area (Å²) in [6.45, 7) is 9.31. The molecule has 3 N–H and O–H groups in total. The molecule has 1 fully saturated rings. The van der Waals surface area contributed by atoms with Crippen LogP contribution in [0.2, 0.25) is 0 Å². The van der Waals surface area contributed by atoms with E-state index in [-0.39, 0.29) is 11.9 Å². The largest absolute Gasteiger partial charge is 0.379 e. The zero-order chi connectivity index (χ0) is 13.1. The van der Waals surface area contributed by atoms with Crippen molar-refractivity contribution in [3.8, 4) is 0 Å². The van der Waals surface area contributed by atoms with Gasteiger partial charge < -0.3 is 10.5 Å². The minimum absolute atomic E-state index is 0.228. The first kappa shape index (κ1) is 14.5. The summed E-state index contributed by atoms with van der Waals surface area (Å²) < 4.78 is 5.66. The Morgan fingerprint density at radius 1 is 1.41 bits per heavy atom. The molecule has 0 aromatic rings. The van der Waals surface area contributed by atoms with Crippen LogP contribution in [0.1, 0.15) is 40.5 Å². The third-order valence-corrected chi connectivity index (χ3v) is 3.04. The van der Waals surface area contributed by atoms with E-state index in [4.69, 9.17) is 10.5 Å². The number of hydrogen-bond acceptors (Lipinski definition) is 3. The molecule has 0 saturated heterocycles. The highest BCUT2D eigenvalue weighted by atomic mass is 16.5. The summed E-state index contributed by atoms with van der Waals surface area (Å²) in [7, 11) is 0. The van der Waals surface area contributed by atoms with Crippen molar-refractivity contribution in [1.82, 2.24) is 5.32 Å². The Morgan fingerprint density at radius 2 is 2.00 bits per heavy atom. The van der Waals surface area contributed by atoms with Crippen LogP contribution in [0, 0.1) is 11.8 Å². The zero-order valence-corrected chi connectivity index (χ0v) is 11.5. The molecule has 1 rings (SSSR count). The van der Waals surface area contributed by atoms with Crippen molar-refractivity contribution < 1.29 is 9.53 Å². The first-order chi connectivity index (χ1) is 7.88. The standard InChI is InChI=1S/C13H26N2O2/c1-9(2)7-17-8-13(12(14)16,11-5-6-11)15-10(3)4/h9-11,15H,5-8H2,1-4H3,(H2,14,16). The predicted octanol–water partition coefficient (Wildman–Crippen LogP) is 1.29. The topological polar surface area (TPSA) is 64.3 Å². The fourth-order valence-electron chi connectivity index (χ4n) is 2.17. The Hall–Kier alpha value is -0.610. The molecule has 100 valence electrons. The molecular formula is C13H26N2O2. The number of amides is 1. The maximum atomic E-state index is 11.8. The predicted molar refractivity (Wildman–Crippen MR) is 68.6 cm³/mol. The summed E-state index contributed by atoms with van der Waals surface area (Å²) in [4.78, 5) is 11.8. The molecule has 0 radical (unpaired) electrons. The second kappa shape index (κ2) is 5.83. The van der Waals surface area contributed by atoms with Gasteiger partial charge in [-0.3, -0.25) is 10.1 Å². The van der Waals surface area contributed by atoms with Crippen LogP contribution in [0.5, 0.6) is 0 Å². The molecule has 0 heterocycles. The summed E-state index contributed by atoms with van der Waals surface area (Å²) in [5, 5.41) is 3.33. The maximum absolute atomic E-state index is 11.8. The molecule has 0 aromatic heterocycles. The number of primary amides is 1. The Kier molecular flexibility index (Phi) is 4.95. The maximum Gasteiger partial charge on any atom is 0.240 e. The molecule has 1 unspecified atom stereocenters. The normalized spacial score (nSPS) is 19.6. The van der Waals surface area contributed by atoms with Crippen LogP contribution in [0.4, 0.5) is 0 Å². The SMILES string of the molecule is CC(C)COCC(NC(C)C)(C(N)=O)C1CC1. The quantitative estimate of drug-likeness (QED) is 0.674. The molecular weight excluding hydrogens is 216 g/mol. The molecule has 4 heteroatoms. The van der Waals surface area contributed by atoms with Gasteiger partial charge in [0.15, 0.2) is 0 Å². The second-order valence-electron chi connectivity index (χ2n) is 5.82. The van der Waals surface area contributed by atoms with Gasteiger partial charge in [0.1, 0.15) is 5.54 Å². The van der Waals surface area contributed by atoms with Crippen LogP contribution in [-0.4, -0.2) is 30.7 Å². The number of rotatable bonds is 8. The van der Waals surface area contributed by atoms with Crippen molar-refractivity contribution in [2.24, 2.45) is 17.6 Å². The molecule has 1 amide bonds. The van der Waals surface area contributed by atoms with E-state index in [0.717, 1.165) is 12.8 Å². The molecule has 0 bridgehead atoms. The molecule has 0 aromatic carbocycles. The van der Waals surface area contributed by atoms with Crippen molar-refractivity contribution in [2.45, 2.75) is 52.1 Å². The van der Waals surface area contributed by atoms with Crippen LogP contribution < -0.4 is 11.1 Å². The summed E-state index contributed by atoms with van der Waals surface area (Å²) in [5.41, 5.74) is 4.93. The smallest absolute Gasteiger partial charge is 0.240 e. The molecule has 1 saturated carbocycles. The number of nitrogens with two attached hydrogens (primary N) is 1. The zero-order valence-electron chi connectivity index (χ0n) is 11.5. The van der Waals surface area contributed by atoms with Gasteiger partial charge in [0.2, 0.25) is 5.91 Å². The number of carbonyl (C=O) groups is 1. The van der Waals surface area contributed by atoms with E-state index < -0.39 is 5.54 Å². The molecule has 0 spiro atoms. The second-order valence-corrected chi connectivity index (χ2v) is 5.82. The molecule has 4 nitrogen and oxygen atoms in total. The van der Waals surface area contributed by atoms with Gasteiger partial charge in [0, 0.05) is 12.6 Å². The summed E-state index contributed by atoms with van der Waals surface area (Å²) in [5.74, 6) is 0.533. The average molecular weight is 242 g/mol. The lowest BCUT2D eigenvalue weighted by Gasteiger charge is -2.34. The highest BCUT2D eigenvalue weighted by Crippen LogP contribution is 2.40. The highest BCUT2D eigenvalue weighted by molar-refractivity contribution is 5.85. The minimum atomic E-state index is -0.664. The fraction of sp³-hybridized carbons (Fsp3) is 0.923. The number of hydrogen-bond donors (Lipinski definition) is 2. The van der Waals surface area contributed by atoms with E-state index in [2.05, 4.69) is 19.2 Å². The van der Waals surface area contributed by atoms with E-state index in [0.29, 0.717) is 25.0 Å². The van der Waals surface area contributed by atoms with Crippen LogP contribution in [0.25, 0.3) is 0 Å². The molecule has 1 aliphatic carbocycles. The van der Waals surface area contributed by atoms with Gasteiger partial charge in [-0.15, -0.1) is 0 Å². The Balaban J connectivity index is 2.65. The first-order valence-corrected chi connectivity index (χ1v) is 6.54. The summed E-state index contributed by atoms with van der Waals surface area (Å²) in [6, 6.07) is 0.228. The van der Waals surface area contributed by atoms with E-state index in [1.807, 2.05) is 13.8 Å². The third kappa shape index (κ3) is 3.96. The van der Waals surface area contributed by atoms with Gasteiger partial charge in [-0.25, -0.2) is 0 Å². The molecule has 1 atom stereocenters. The summed E-state index contributed by atoms with van der Waals surface area (Å²) >= 11 is 0. The van der Waals surface area contributed by atoms with E-state index in [9.17, 15) is 4.79 Å². The van der Waals surface area contributed by atoms with Gasteiger partial charge in [-0.2, -0.15) is 0 Å². The molecule has 1 aliphatic rings. The van der Waals surface area contributed by atoms with Crippen molar-refractivity contribution in [3.63, 3.8) is 0 Å². The molecule has 17 heavy (non-hydrogen) atoms. The van der Waals surface area contributed by atoms with Gasteiger partial charge in [-0.05, 0) is 38.5 Å². The lowest BCUT2D eigenvalue weighted by Crippen LogP contribution is -2.62. The van der Waals surface area contributed by atoms with Crippen molar-refractivity contribution in [1.29, 1.82) is 0 Å². The van der Waals surface area contributed by atoms with Crippen LogP contribution in [0.3, 0.4) is 0 Å². The van der Waals surface area contributed by atoms with Gasteiger partial charge in [-0.1, -0.05) is 13.8 Å². The Labute approximate surface area is 104 Å². The fourth-order valence-corrected chi connectivity index (χ4v) is 2.17. The first-order valence-electron chi connectivity index (χ1n) is 6.54. The van der Waals surface area contributed by atoms with Crippen LogP contribution >= 0.6 is 0 Å². The van der Waals surface area contributed by atoms with Crippen molar-refractivity contribution in [2.75, 3.05) is 13.2 Å². The van der Waals surface area contributed by atoms with Crippen molar-refractivity contribution >= 4 is 5.91 Å². The van der Waals surface area contributed by atoms with Gasteiger partial charge in [0.05, 0.1) is 6.61 Å². The van der Waals surface area contributed by atoms with Crippen LogP contribution in [0.15, 0.2) is 0 Å². The van der Waals surface area contributed by atoms with Gasteiger partial charge in [0.25, 0.3) is 0 Å². The van der Waals surface area contributed by atoms with E-state index >= 15 is 0 Å². The Bertz CT molecular complexity index is 262. The number of ether oxygens (including phenoxy) is 1. The lowest BCUT2D eigenvalue weighted by molar-refractivity contribution is -0.129. The minimum Gasteiger partial charge on any atom is -0.379 e. The number of carbonyl (C=O) groups excluding carboxylic acids is 1. The lowest BCUT2D eigenvalue weighted by atomic mass is 9.92. The monoisotopic (exact) mass is 242 g/mol. The highest BCUT2D eigenvalue weighted by Gasteiger charge is 2.50. The number of nitrogens with one attached hydrogen (secondary N) is 1. The average Bonchev–Trinajstić information content (AvgIpc) is 2.97. The van der Waals surface area contributed by atoms with Crippen molar-refractivity contribution in [3.05, 3.63) is 0 Å². The van der Waals surface area contributed by atoms with E-state index in [1.165, 1.54) is 0 Å². The Morgan fingerprint density at radius 3 is 2.35 bits per heavy atom. The van der Waals surface area contributed by atoms with Gasteiger partial charge >= 0.3 is 0 Å². The third-order valence-electron chi connectivity index (χ3n) is 3.04. The molecule has 0 aliphatic heterocycles. The van der Waals surface area contributed by atoms with E-state index in [1.54, 1.807) is 0 Å². The summed E-state index contributed by atoms with van der Waals surface area (Å²) in [6.07, 6.45) is 2.13.